The van der Waals surface area contributed by atoms with Crippen LogP contribution in [0.4, 0.5) is 8.78 Å². The first-order valence-electron chi connectivity index (χ1n) is 5.02. The molecule has 4 heteroatoms. The summed E-state index contributed by atoms with van der Waals surface area (Å²) in [4.78, 5) is 0. The van der Waals surface area contributed by atoms with Crippen LogP contribution >= 0.6 is 0 Å². The number of nitrogens with one attached hydrogen (secondary N) is 1. The van der Waals surface area contributed by atoms with Crippen molar-refractivity contribution in [3.8, 4) is 5.75 Å². The van der Waals surface area contributed by atoms with Gasteiger partial charge in [0.05, 0.1) is 0 Å². The average Bonchev–Trinajstić information content (AvgIpc) is 2.22. The van der Waals surface area contributed by atoms with Crippen LogP contribution in [0.5, 0.6) is 5.75 Å². The van der Waals surface area contributed by atoms with Gasteiger partial charge in [0, 0.05) is 23.7 Å². The van der Waals surface area contributed by atoms with Crippen molar-refractivity contribution in [3.63, 3.8) is 0 Å². The average molecular weight is 227 g/mol. The van der Waals surface area contributed by atoms with E-state index in [1.54, 1.807) is 13.0 Å². The van der Waals surface area contributed by atoms with E-state index < -0.39 is 17.4 Å². The van der Waals surface area contributed by atoms with Crippen LogP contribution in [-0.4, -0.2) is 11.1 Å². The molecule has 1 aromatic carbocycles. The lowest BCUT2D eigenvalue weighted by molar-refractivity contribution is 0.407. The standard InChI is InChI=1S/C12H15F2NO/c1-4-7(2)15-8(3)10-5-9(13)6-11(14)12(10)16/h4-8,15-16H,1H2,2-3H3. The molecule has 2 atom stereocenters. The van der Waals surface area contributed by atoms with Gasteiger partial charge in [0.25, 0.3) is 0 Å². The molecule has 2 N–H and O–H groups in total. The monoisotopic (exact) mass is 227 g/mol. The van der Waals surface area contributed by atoms with Gasteiger partial charge in [-0.2, -0.15) is 0 Å². The first-order valence-corrected chi connectivity index (χ1v) is 5.02. The highest BCUT2D eigenvalue weighted by Crippen LogP contribution is 2.28. The highest BCUT2D eigenvalue weighted by atomic mass is 19.1. The normalized spacial score (nSPS) is 14.5. The Bertz CT molecular complexity index is 393. The fraction of sp³-hybridized carbons (Fsp3) is 0.333. The van der Waals surface area contributed by atoms with Crippen molar-refractivity contribution in [2.45, 2.75) is 25.9 Å². The van der Waals surface area contributed by atoms with Crippen molar-refractivity contribution in [1.29, 1.82) is 0 Å². The second-order valence-electron chi connectivity index (χ2n) is 3.74. The topological polar surface area (TPSA) is 32.3 Å². The van der Waals surface area contributed by atoms with Crippen molar-refractivity contribution >= 4 is 0 Å². The summed E-state index contributed by atoms with van der Waals surface area (Å²) in [5.74, 6) is -2.17. The molecule has 0 radical (unpaired) electrons. The lowest BCUT2D eigenvalue weighted by Crippen LogP contribution is -2.27. The maximum absolute atomic E-state index is 13.1. The highest BCUT2D eigenvalue weighted by molar-refractivity contribution is 5.36. The van der Waals surface area contributed by atoms with E-state index in [9.17, 15) is 13.9 Å². The molecule has 1 aromatic rings. The molecular formula is C12H15F2NO. The Morgan fingerprint density at radius 2 is 2.00 bits per heavy atom. The third-order valence-electron chi connectivity index (χ3n) is 2.39. The summed E-state index contributed by atoms with van der Waals surface area (Å²) in [7, 11) is 0. The molecule has 0 bridgehead atoms. The van der Waals surface area contributed by atoms with Gasteiger partial charge in [-0.1, -0.05) is 6.08 Å². The van der Waals surface area contributed by atoms with Crippen molar-refractivity contribution in [1.82, 2.24) is 5.32 Å². The predicted octanol–water partition coefficient (Wildman–Crippen LogP) is 2.90. The molecule has 0 saturated carbocycles. The van der Waals surface area contributed by atoms with Gasteiger partial charge in [0.1, 0.15) is 5.82 Å². The van der Waals surface area contributed by atoms with E-state index in [4.69, 9.17) is 0 Å². The molecule has 2 nitrogen and oxygen atoms in total. The lowest BCUT2D eigenvalue weighted by Gasteiger charge is -2.19. The second kappa shape index (κ2) is 5.07. The van der Waals surface area contributed by atoms with Crippen LogP contribution < -0.4 is 5.32 Å². The molecule has 0 aliphatic heterocycles. The molecule has 1 rings (SSSR count). The fourth-order valence-corrected chi connectivity index (χ4v) is 1.47. The number of hydrogen-bond acceptors (Lipinski definition) is 2. The zero-order valence-electron chi connectivity index (χ0n) is 9.30. The highest BCUT2D eigenvalue weighted by Gasteiger charge is 2.16. The molecule has 0 fully saturated rings. The van der Waals surface area contributed by atoms with E-state index in [0.717, 1.165) is 6.07 Å². The van der Waals surface area contributed by atoms with E-state index in [0.29, 0.717) is 6.07 Å². The summed E-state index contributed by atoms with van der Waals surface area (Å²) < 4.78 is 26.1. The van der Waals surface area contributed by atoms with Gasteiger partial charge in [0.15, 0.2) is 11.6 Å². The largest absolute Gasteiger partial charge is 0.505 e. The molecule has 0 aliphatic carbocycles. The van der Waals surface area contributed by atoms with Gasteiger partial charge in [0.2, 0.25) is 0 Å². The Kier molecular flexibility index (Phi) is 4.01. The number of aromatic hydroxyl groups is 1. The quantitative estimate of drug-likeness (QED) is 0.775. The minimum Gasteiger partial charge on any atom is -0.505 e. The first kappa shape index (κ1) is 12.6. The number of halogens is 2. The number of rotatable bonds is 4. The summed E-state index contributed by atoms with van der Waals surface area (Å²) in [6.07, 6.45) is 1.67. The number of phenolic OH excluding ortho intramolecular Hbond substituents is 1. The smallest absolute Gasteiger partial charge is 0.168 e. The van der Waals surface area contributed by atoms with Gasteiger partial charge in [-0.25, -0.2) is 8.78 Å². The summed E-state index contributed by atoms with van der Waals surface area (Å²) in [6, 6.07) is 1.40. The van der Waals surface area contributed by atoms with Gasteiger partial charge < -0.3 is 10.4 Å². The molecule has 0 aromatic heterocycles. The van der Waals surface area contributed by atoms with Crippen LogP contribution in [0.25, 0.3) is 0 Å². The number of benzene rings is 1. The third kappa shape index (κ3) is 2.79. The van der Waals surface area contributed by atoms with Gasteiger partial charge in [-0.15, -0.1) is 6.58 Å². The molecule has 16 heavy (non-hydrogen) atoms. The van der Waals surface area contributed by atoms with Crippen LogP contribution in [0.15, 0.2) is 24.8 Å². The molecule has 0 spiro atoms. The SMILES string of the molecule is C=CC(C)NC(C)c1cc(F)cc(F)c1O. The fourth-order valence-electron chi connectivity index (χ4n) is 1.47. The van der Waals surface area contributed by atoms with E-state index >= 15 is 0 Å². The Morgan fingerprint density at radius 3 is 2.56 bits per heavy atom. The maximum atomic E-state index is 13.1. The maximum Gasteiger partial charge on any atom is 0.168 e. The van der Waals surface area contributed by atoms with E-state index in [1.165, 1.54) is 0 Å². The summed E-state index contributed by atoms with van der Waals surface area (Å²) >= 11 is 0. The minimum absolute atomic E-state index is 0.0132. The van der Waals surface area contributed by atoms with Crippen LogP contribution in [0.1, 0.15) is 25.5 Å². The van der Waals surface area contributed by atoms with Gasteiger partial charge in [-0.3, -0.25) is 0 Å². The molecule has 0 amide bonds. The van der Waals surface area contributed by atoms with Gasteiger partial charge in [-0.05, 0) is 19.9 Å². The van der Waals surface area contributed by atoms with Crippen LogP contribution in [0.2, 0.25) is 0 Å². The van der Waals surface area contributed by atoms with Crippen molar-refractivity contribution < 1.29 is 13.9 Å². The minimum atomic E-state index is -0.949. The van der Waals surface area contributed by atoms with Crippen LogP contribution in [0, 0.1) is 11.6 Å². The molecular weight excluding hydrogens is 212 g/mol. The number of hydrogen-bond donors (Lipinski definition) is 2. The van der Waals surface area contributed by atoms with Crippen molar-refractivity contribution in [2.75, 3.05) is 0 Å². The summed E-state index contributed by atoms with van der Waals surface area (Å²) in [6.45, 7) is 7.17. The third-order valence-corrected chi connectivity index (χ3v) is 2.39. The van der Waals surface area contributed by atoms with Crippen molar-refractivity contribution in [3.05, 3.63) is 42.0 Å². The van der Waals surface area contributed by atoms with E-state index in [2.05, 4.69) is 11.9 Å². The van der Waals surface area contributed by atoms with E-state index in [1.807, 2.05) is 6.92 Å². The zero-order valence-corrected chi connectivity index (χ0v) is 9.30. The lowest BCUT2D eigenvalue weighted by atomic mass is 10.1. The molecule has 88 valence electrons. The van der Waals surface area contributed by atoms with E-state index in [-0.39, 0.29) is 17.6 Å². The second-order valence-corrected chi connectivity index (χ2v) is 3.74. The van der Waals surface area contributed by atoms with Crippen LogP contribution in [0.3, 0.4) is 0 Å². The number of phenols is 1. The summed E-state index contributed by atoms with van der Waals surface area (Å²) in [5, 5.41) is 12.5. The first-order chi connectivity index (χ1) is 7.45. The Balaban J connectivity index is 2.98. The van der Waals surface area contributed by atoms with Crippen molar-refractivity contribution in [2.24, 2.45) is 0 Å². The Morgan fingerprint density at radius 1 is 1.38 bits per heavy atom. The Labute approximate surface area is 93.6 Å². The predicted molar refractivity (Wildman–Crippen MR) is 59.2 cm³/mol. The molecule has 0 heterocycles. The van der Waals surface area contributed by atoms with Crippen LogP contribution in [-0.2, 0) is 0 Å². The molecule has 0 saturated heterocycles. The molecule has 0 aliphatic rings. The van der Waals surface area contributed by atoms with Gasteiger partial charge >= 0.3 is 0 Å². The molecule has 2 unspecified atom stereocenters. The zero-order chi connectivity index (χ0) is 12.3. The Hall–Kier alpha value is -1.42. The summed E-state index contributed by atoms with van der Waals surface area (Å²) in [5.41, 5.74) is 0.200.